The highest BCUT2D eigenvalue weighted by Crippen LogP contribution is 2.02. The number of nitrogens with one attached hydrogen (secondary N) is 3. The van der Waals surface area contributed by atoms with E-state index in [-0.39, 0.29) is 12.2 Å². The molecule has 12 heteroatoms. The summed E-state index contributed by atoms with van der Waals surface area (Å²) >= 11 is 3.95. The molecule has 0 saturated carbocycles. The number of hydrogen-bond donors (Lipinski definition) is 7. The third kappa shape index (κ3) is 8.92. The third-order valence-corrected chi connectivity index (χ3v) is 4.28. The number of aliphatic carboxylic acids is 1. The van der Waals surface area contributed by atoms with Gasteiger partial charge in [0.2, 0.25) is 23.6 Å². The molecule has 1 aromatic carbocycles. The molecule has 0 spiro atoms. The molecule has 164 valence electrons. The Morgan fingerprint density at radius 2 is 1.63 bits per heavy atom. The van der Waals surface area contributed by atoms with E-state index >= 15 is 0 Å². The molecule has 3 atom stereocenters. The van der Waals surface area contributed by atoms with Crippen molar-refractivity contribution in [3.05, 3.63) is 35.9 Å². The topological polar surface area (TPSA) is 194 Å². The van der Waals surface area contributed by atoms with E-state index in [1.54, 1.807) is 0 Å². The fourth-order valence-corrected chi connectivity index (χ4v) is 2.63. The van der Waals surface area contributed by atoms with Gasteiger partial charge in [0.15, 0.2) is 0 Å². The molecule has 4 amide bonds. The maximum atomic E-state index is 12.2. The number of thiol groups is 1. The van der Waals surface area contributed by atoms with Gasteiger partial charge < -0.3 is 32.5 Å². The van der Waals surface area contributed by atoms with Gasteiger partial charge in [0, 0.05) is 5.75 Å². The summed E-state index contributed by atoms with van der Waals surface area (Å²) in [5.41, 5.74) is 11.6. The van der Waals surface area contributed by atoms with Gasteiger partial charge in [0.05, 0.1) is 19.0 Å². The molecule has 0 radical (unpaired) electrons. The molecular formula is C18H25N5O6S. The average molecular weight is 439 g/mol. The predicted octanol–water partition coefficient (Wildman–Crippen LogP) is -2.47. The lowest BCUT2D eigenvalue weighted by Gasteiger charge is -2.20. The van der Waals surface area contributed by atoms with Crippen molar-refractivity contribution < 1.29 is 29.1 Å². The van der Waals surface area contributed by atoms with Gasteiger partial charge in [-0.3, -0.25) is 19.2 Å². The Hall–Kier alpha value is -3.12. The summed E-state index contributed by atoms with van der Waals surface area (Å²) in [7, 11) is 0. The fraction of sp³-hybridized carbons (Fsp3) is 0.389. The van der Waals surface area contributed by atoms with Crippen LogP contribution in [0.15, 0.2) is 30.3 Å². The lowest BCUT2D eigenvalue weighted by atomic mass is 10.1. The van der Waals surface area contributed by atoms with E-state index in [9.17, 15) is 24.0 Å². The first kappa shape index (κ1) is 24.9. The smallest absolute Gasteiger partial charge is 0.326 e. The summed E-state index contributed by atoms with van der Waals surface area (Å²) in [6.07, 6.45) is -0.323. The number of carbonyl (C=O) groups is 5. The zero-order valence-electron chi connectivity index (χ0n) is 16.0. The van der Waals surface area contributed by atoms with Gasteiger partial charge >= 0.3 is 5.97 Å². The summed E-state index contributed by atoms with van der Waals surface area (Å²) < 4.78 is 0. The van der Waals surface area contributed by atoms with Crippen LogP contribution in [-0.4, -0.2) is 65.1 Å². The molecule has 0 fully saturated rings. The number of hydrogen-bond acceptors (Lipinski definition) is 7. The first-order chi connectivity index (χ1) is 14.1. The molecular weight excluding hydrogens is 414 g/mol. The van der Waals surface area contributed by atoms with Crippen molar-refractivity contribution >= 4 is 42.2 Å². The van der Waals surface area contributed by atoms with Crippen LogP contribution in [-0.2, 0) is 30.4 Å². The van der Waals surface area contributed by atoms with Crippen molar-refractivity contribution in [2.75, 3.05) is 12.3 Å². The van der Waals surface area contributed by atoms with Crippen LogP contribution in [0.5, 0.6) is 0 Å². The number of carboxylic acids is 1. The van der Waals surface area contributed by atoms with Gasteiger partial charge in [0.25, 0.3) is 0 Å². The van der Waals surface area contributed by atoms with Crippen molar-refractivity contribution in [1.82, 2.24) is 16.0 Å². The van der Waals surface area contributed by atoms with E-state index in [1.165, 1.54) is 0 Å². The molecule has 1 rings (SSSR count). The third-order valence-electron chi connectivity index (χ3n) is 3.91. The van der Waals surface area contributed by atoms with Crippen LogP contribution in [0.1, 0.15) is 12.0 Å². The normalized spacial score (nSPS) is 13.4. The molecule has 0 aliphatic heterocycles. The molecule has 0 heterocycles. The van der Waals surface area contributed by atoms with E-state index in [4.69, 9.17) is 16.6 Å². The van der Waals surface area contributed by atoms with Crippen molar-refractivity contribution in [2.45, 2.75) is 31.0 Å². The van der Waals surface area contributed by atoms with E-state index in [0.29, 0.717) is 0 Å². The minimum atomic E-state index is -1.54. The minimum Gasteiger partial charge on any atom is -0.480 e. The zero-order chi connectivity index (χ0) is 22.7. The average Bonchev–Trinajstić information content (AvgIpc) is 2.69. The highest BCUT2D eigenvalue weighted by Gasteiger charge is 2.27. The maximum absolute atomic E-state index is 12.2. The second-order valence-corrected chi connectivity index (χ2v) is 6.75. The highest BCUT2D eigenvalue weighted by atomic mass is 32.1. The standard InChI is InChI=1S/C18H25N5O6S/c19-11(6-10-4-2-1-3-5-10)16(26)21-8-15(25)22-13(9-30)17(27)23-12(18(28)29)7-14(20)24/h1-5,11-13,30H,6-9,19H2,(H2,20,24)(H,21,26)(H,22,25)(H,23,27)(H,28,29). The number of nitrogens with two attached hydrogens (primary N) is 2. The quantitative estimate of drug-likeness (QED) is 0.175. The molecule has 3 unspecified atom stereocenters. The fourth-order valence-electron chi connectivity index (χ4n) is 2.37. The van der Waals surface area contributed by atoms with Crippen molar-refractivity contribution in [3.8, 4) is 0 Å². The molecule has 30 heavy (non-hydrogen) atoms. The Bertz CT molecular complexity index is 776. The van der Waals surface area contributed by atoms with E-state index < -0.39 is 60.7 Å². The highest BCUT2D eigenvalue weighted by molar-refractivity contribution is 7.80. The molecule has 0 aromatic heterocycles. The van der Waals surface area contributed by atoms with E-state index in [2.05, 4.69) is 28.6 Å². The number of carbonyl (C=O) groups excluding carboxylic acids is 4. The van der Waals surface area contributed by atoms with Crippen LogP contribution < -0.4 is 27.4 Å². The summed E-state index contributed by atoms with van der Waals surface area (Å²) in [4.78, 5) is 58.2. The van der Waals surface area contributed by atoms with Crippen LogP contribution in [0.25, 0.3) is 0 Å². The van der Waals surface area contributed by atoms with E-state index in [0.717, 1.165) is 5.56 Å². The SMILES string of the molecule is NC(=O)CC(NC(=O)C(CS)NC(=O)CNC(=O)C(N)Cc1ccccc1)C(=O)O. The Labute approximate surface area is 178 Å². The summed E-state index contributed by atoms with van der Waals surface area (Å²) in [6, 6.07) is 5.50. The first-order valence-electron chi connectivity index (χ1n) is 8.93. The van der Waals surface area contributed by atoms with Crippen LogP contribution in [0.4, 0.5) is 0 Å². The first-order valence-corrected chi connectivity index (χ1v) is 9.56. The van der Waals surface area contributed by atoms with Gasteiger partial charge in [-0.25, -0.2) is 4.79 Å². The Morgan fingerprint density at radius 1 is 1.00 bits per heavy atom. The van der Waals surface area contributed by atoms with Crippen LogP contribution in [0.2, 0.25) is 0 Å². The number of primary amides is 1. The van der Waals surface area contributed by atoms with Gasteiger partial charge in [0.1, 0.15) is 12.1 Å². The van der Waals surface area contributed by atoms with Gasteiger partial charge in [-0.15, -0.1) is 0 Å². The van der Waals surface area contributed by atoms with Gasteiger partial charge in [-0.1, -0.05) is 30.3 Å². The van der Waals surface area contributed by atoms with E-state index in [1.807, 2.05) is 30.3 Å². The molecule has 1 aromatic rings. The second kappa shape index (κ2) is 12.4. The molecule has 0 aliphatic rings. The largest absolute Gasteiger partial charge is 0.480 e. The molecule has 0 saturated heterocycles. The van der Waals surface area contributed by atoms with Crippen molar-refractivity contribution in [3.63, 3.8) is 0 Å². The number of benzene rings is 1. The second-order valence-electron chi connectivity index (χ2n) is 6.39. The Kier molecular flexibility index (Phi) is 10.3. The monoisotopic (exact) mass is 439 g/mol. The summed E-state index contributed by atoms with van der Waals surface area (Å²) in [5.74, 6) is -4.63. The Balaban J connectivity index is 2.52. The van der Waals surface area contributed by atoms with Gasteiger partial charge in [-0.2, -0.15) is 12.6 Å². The van der Waals surface area contributed by atoms with Crippen LogP contribution in [0, 0.1) is 0 Å². The lowest BCUT2D eigenvalue weighted by molar-refractivity contribution is -0.143. The van der Waals surface area contributed by atoms with Crippen molar-refractivity contribution in [2.24, 2.45) is 11.5 Å². The van der Waals surface area contributed by atoms with Crippen molar-refractivity contribution in [1.29, 1.82) is 0 Å². The number of carboxylic acid groups (broad SMARTS) is 1. The van der Waals surface area contributed by atoms with Crippen LogP contribution in [0.3, 0.4) is 0 Å². The zero-order valence-corrected chi connectivity index (χ0v) is 16.9. The summed E-state index contributed by atoms with van der Waals surface area (Å²) in [5, 5.41) is 15.8. The predicted molar refractivity (Wildman–Crippen MR) is 110 cm³/mol. The molecule has 0 bridgehead atoms. The lowest BCUT2D eigenvalue weighted by Crippen LogP contribution is -2.55. The number of rotatable bonds is 12. The Morgan fingerprint density at radius 3 is 2.17 bits per heavy atom. The minimum absolute atomic E-state index is 0.151. The molecule has 11 nitrogen and oxygen atoms in total. The van der Waals surface area contributed by atoms with Crippen LogP contribution >= 0.6 is 12.6 Å². The maximum Gasteiger partial charge on any atom is 0.326 e. The summed E-state index contributed by atoms with van der Waals surface area (Å²) in [6.45, 7) is -0.442. The molecule has 8 N–H and O–H groups in total. The number of amides is 4. The van der Waals surface area contributed by atoms with Gasteiger partial charge in [-0.05, 0) is 12.0 Å². The molecule has 0 aliphatic carbocycles.